The predicted octanol–water partition coefficient (Wildman–Crippen LogP) is 4.81. The van der Waals surface area contributed by atoms with E-state index in [1.807, 2.05) is 6.92 Å². The number of nitrogens with zero attached hydrogens (tertiary/aromatic N) is 1. The van der Waals surface area contributed by atoms with E-state index in [0.717, 1.165) is 24.0 Å². The summed E-state index contributed by atoms with van der Waals surface area (Å²) in [5.74, 6) is -2.27. The largest absolute Gasteiger partial charge is 0.479 e. The third kappa shape index (κ3) is 3.21. The topological polar surface area (TPSA) is 87.1 Å². The second-order valence-corrected chi connectivity index (χ2v) is 12.7. The average Bonchev–Trinajstić information content (AvgIpc) is 3.35. The quantitative estimate of drug-likeness (QED) is 0.576. The lowest BCUT2D eigenvalue weighted by Crippen LogP contribution is -2.69. The summed E-state index contributed by atoms with van der Waals surface area (Å²) in [5.41, 5.74) is -2.46. The highest BCUT2D eigenvalue weighted by atomic mass is 19.1. The van der Waals surface area contributed by atoms with Gasteiger partial charge in [0.25, 0.3) is 0 Å². The minimum Gasteiger partial charge on any atom is -0.479 e. The molecule has 5 aliphatic rings. The van der Waals surface area contributed by atoms with Gasteiger partial charge in [-0.2, -0.15) is 5.06 Å². The van der Waals surface area contributed by atoms with Gasteiger partial charge in [0.05, 0.1) is 6.10 Å². The van der Waals surface area contributed by atoms with E-state index in [1.165, 1.54) is 17.7 Å². The van der Waals surface area contributed by atoms with Gasteiger partial charge in [-0.05, 0) is 68.2 Å². The Morgan fingerprint density at radius 3 is 2.58 bits per heavy atom. The number of carboxylic acids is 1. The van der Waals surface area contributed by atoms with Crippen LogP contribution in [0, 0.1) is 28.6 Å². The van der Waals surface area contributed by atoms with Crippen LogP contribution in [0.4, 0.5) is 4.39 Å². The summed E-state index contributed by atoms with van der Waals surface area (Å²) < 4.78 is 17.4. The van der Waals surface area contributed by atoms with Crippen LogP contribution in [0.1, 0.15) is 64.0 Å². The number of rotatable bonds is 5. The van der Waals surface area contributed by atoms with Crippen molar-refractivity contribution in [3.05, 3.63) is 59.2 Å². The Morgan fingerprint density at radius 1 is 1.18 bits per heavy atom. The lowest BCUT2D eigenvalue weighted by Gasteiger charge is -2.62. The number of aliphatic hydroxyl groups is 1. The molecule has 1 aromatic rings. The van der Waals surface area contributed by atoms with Gasteiger partial charge in [-0.25, -0.2) is 9.18 Å². The number of ketones is 1. The van der Waals surface area contributed by atoms with Gasteiger partial charge in [0.2, 0.25) is 0 Å². The van der Waals surface area contributed by atoms with Crippen LogP contribution in [0.5, 0.6) is 0 Å². The molecule has 38 heavy (non-hydrogen) atoms. The molecule has 0 aromatic heterocycles. The normalized spacial score (nSPS) is 43.7. The first-order valence-corrected chi connectivity index (χ1v) is 14.1. The summed E-state index contributed by atoms with van der Waals surface area (Å²) in [5, 5.41) is 24.0. The molecule has 1 aliphatic heterocycles. The Balaban J connectivity index is 1.31. The van der Waals surface area contributed by atoms with Crippen molar-refractivity contribution in [1.29, 1.82) is 0 Å². The van der Waals surface area contributed by atoms with Crippen LogP contribution in [0.15, 0.2) is 48.1 Å². The molecule has 1 aromatic carbocycles. The monoisotopic (exact) mass is 523 g/mol. The fraction of sp³-hybridized carbons (Fsp3) is 0.613. The van der Waals surface area contributed by atoms with E-state index < -0.39 is 40.1 Å². The Morgan fingerprint density at radius 2 is 1.89 bits per heavy atom. The van der Waals surface area contributed by atoms with Gasteiger partial charge in [0, 0.05) is 35.8 Å². The van der Waals surface area contributed by atoms with Crippen molar-refractivity contribution >= 4 is 11.8 Å². The standard InChI is InChI=1S/C31H38FNO5/c1-4-5-19-6-8-20(9-7-19)17-33-18-22-15-25-24-11-10-21-14-23(34)12-13-28(21,2)30(24,32)26(35)16-29(25,3)31(22,38-33)27(36)37/h6-9,12-14,22,24-26,35H,4-5,10-11,15-18H2,1-3H3,(H,36,37)/t22-,24-,25-,26-,28-,29-,30-,31-/m0/s1. The molecule has 6 nitrogen and oxygen atoms in total. The number of aliphatic hydroxyl groups excluding tert-OH is 1. The molecule has 2 N–H and O–H groups in total. The van der Waals surface area contributed by atoms with Crippen LogP contribution in [-0.4, -0.2) is 50.9 Å². The van der Waals surface area contributed by atoms with Gasteiger partial charge in [0.1, 0.15) is 0 Å². The number of aliphatic carboxylic acids is 1. The summed E-state index contributed by atoms with van der Waals surface area (Å²) >= 11 is 0. The molecule has 204 valence electrons. The summed E-state index contributed by atoms with van der Waals surface area (Å²) in [4.78, 5) is 31.6. The van der Waals surface area contributed by atoms with Crippen LogP contribution < -0.4 is 0 Å². The van der Waals surface area contributed by atoms with Crippen molar-refractivity contribution in [2.45, 2.75) is 83.2 Å². The van der Waals surface area contributed by atoms with Crippen LogP contribution in [-0.2, 0) is 27.4 Å². The van der Waals surface area contributed by atoms with E-state index in [1.54, 1.807) is 18.1 Å². The zero-order valence-electron chi connectivity index (χ0n) is 22.5. The Kier molecular flexibility index (Phi) is 5.84. The zero-order valence-corrected chi connectivity index (χ0v) is 22.5. The third-order valence-electron chi connectivity index (χ3n) is 10.9. The SMILES string of the molecule is CCCc1ccc(CN2C[C@@H]3C[C@H]4[C@@H]5CCC6=CC(=O)C=C[C@]6(C)[C@@]5(F)[C@@H](O)C[C@]4(C)[C@]3(C(=O)O)O2)cc1. The van der Waals surface area contributed by atoms with Crippen LogP contribution in [0.25, 0.3) is 0 Å². The van der Waals surface area contributed by atoms with E-state index >= 15 is 4.39 Å². The first-order valence-electron chi connectivity index (χ1n) is 14.1. The maximum Gasteiger partial charge on any atom is 0.339 e. The highest BCUT2D eigenvalue weighted by Gasteiger charge is 2.79. The van der Waals surface area contributed by atoms with E-state index in [-0.39, 0.29) is 24.0 Å². The first kappa shape index (κ1) is 25.9. The molecule has 6 rings (SSSR count). The fourth-order valence-corrected chi connectivity index (χ4v) is 9.09. The smallest absolute Gasteiger partial charge is 0.339 e. The number of carbonyl (C=O) groups is 2. The molecule has 0 radical (unpaired) electrons. The summed E-state index contributed by atoms with van der Waals surface area (Å²) in [6.07, 6.45) is 6.87. The molecule has 8 atom stereocenters. The second-order valence-electron chi connectivity index (χ2n) is 12.7. The predicted molar refractivity (Wildman–Crippen MR) is 140 cm³/mol. The lowest BCUT2D eigenvalue weighted by molar-refractivity contribution is -0.274. The van der Waals surface area contributed by atoms with E-state index in [0.29, 0.717) is 32.4 Å². The van der Waals surface area contributed by atoms with Crippen molar-refractivity contribution < 1.29 is 29.0 Å². The number of allylic oxidation sites excluding steroid dienone is 4. The molecular formula is C31H38FNO5. The number of hydroxylamine groups is 2. The Bertz CT molecular complexity index is 1230. The Hall–Kier alpha value is -2.35. The molecule has 3 saturated carbocycles. The van der Waals surface area contributed by atoms with Crippen LogP contribution in [0.2, 0.25) is 0 Å². The van der Waals surface area contributed by atoms with Gasteiger partial charge in [0.15, 0.2) is 17.1 Å². The number of carboxylic acid groups (broad SMARTS) is 1. The van der Waals surface area contributed by atoms with Crippen LogP contribution in [0.3, 0.4) is 0 Å². The minimum absolute atomic E-state index is 0.00230. The fourth-order valence-electron chi connectivity index (χ4n) is 9.09. The highest BCUT2D eigenvalue weighted by Crippen LogP contribution is 2.72. The number of hydrogen-bond donors (Lipinski definition) is 2. The van der Waals surface area contributed by atoms with Crippen molar-refractivity contribution in [2.24, 2.45) is 28.6 Å². The summed E-state index contributed by atoms with van der Waals surface area (Å²) in [6.45, 7) is 6.75. The number of aryl methyl sites for hydroxylation is 1. The highest BCUT2D eigenvalue weighted by molar-refractivity contribution is 6.01. The number of fused-ring (bicyclic) bond motifs is 7. The maximum atomic E-state index is 17.4. The van der Waals surface area contributed by atoms with E-state index in [4.69, 9.17) is 4.84 Å². The number of carbonyl (C=O) groups excluding carboxylic acids is 1. The zero-order chi connectivity index (χ0) is 27.1. The van der Waals surface area contributed by atoms with Gasteiger partial charge in [-0.3, -0.25) is 9.63 Å². The second kappa shape index (κ2) is 8.57. The average molecular weight is 524 g/mol. The van der Waals surface area contributed by atoms with Crippen molar-refractivity contribution in [1.82, 2.24) is 5.06 Å². The van der Waals surface area contributed by atoms with Crippen LogP contribution >= 0.6 is 0 Å². The minimum atomic E-state index is -1.98. The molecule has 0 bridgehead atoms. The molecule has 1 heterocycles. The number of halogens is 1. The van der Waals surface area contributed by atoms with Gasteiger partial charge in [-0.15, -0.1) is 0 Å². The number of benzene rings is 1. The molecule has 0 unspecified atom stereocenters. The molecule has 0 spiro atoms. The molecule has 4 aliphatic carbocycles. The molecule has 1 saturated heterocycles. The number of hydrogen-bond acceptors (Lipinski definition) is 5. The molecule has 4 fully saturated rings. The first-order chi connectivity index (χ1) is 18.0. The van der Waals surface area contributed by atoms with Gasteiger partial charge in [-0.1, -0.05) is 56.2 Å². The maximum absolute atomic E-state index is 17.4. The molecular weight excluding hydrogens is 485 g/mol. The van der Waals surface area contributed by atoms with Crippen molar-refractivity contribution in [3.63, 3.8) is 0 Å². The van der Waals surface area contributed by atoms with Crippen molar-refractivity contribution in [2.75, 3.05) is 6.54 Å². The number of alkyl halides is 1. The van der Waals surface area contributed by atoms with Crippen molar-refractivity contribution in [3.8, 4) is 0 Å². The molecule has 0 amide bonds. The Labute approximate surface area is 223 Å². The molecule has 7 heteroatoms. The lowest BCUT2D eigenvalue weighted by atomic mass is 9.45. The summed E-state index contributed by atoms with van der Waals surface area (Å²) in [6, 6.07) is 8.35. The van der Waals surface area contributed by atoms with E-state index in [2.05, 4.69) is 31.2 Å². The van der Waals surface area contributed by atoms with Gasteiger partial charge >= 0.3 is 5.97 Å². The van der Waals surface area contributed by atoms with E-state index in [9.17, 15) is 19.8 Å². The summed E-state index contributed by atoms with van der Waals surface area (Å²) in [7, 11) is 0. The van der Waals surface area contributed by atoms with Gasteiger partial charge < -0.3 is 10.2 Å². The third-order valence-corrected chi connectivity index (χ3v) is 10.9.